The predicted molar refractivity (Wildman–Crippen MR) is 83.5 cm³/mol. The van der Waals surface area contributed by atoms with Crippen molar-refractivity contribution in [3.8, 4) is 11.5 Å². The van der Waals surface area contributed by atoms with Crippen LogP contribution in [-0.4, -0.2) is 53.1 Å². The largest absolute Gasteiger partial charge is 0.396 e. The zero-order chi connectivity index (χ0) is 15.7. The van der Waals surface area contributed by atoms with Gasteiger partial charge in [-0.2, -0.15) is 4.98 Å². The molecule has 0 saturated carbocycles. The number of likely N-dealkylation sites (tertiary alicyclic amines) is 1. The minimum absolute atomic E-state index is 0.0236. The van der Waals surface area contributed by atoms with Crippen molar-refractivity contribution >= 4 is 0 Å². The number of fused-ring (bicyclic) bond motifs is 1. The van der Waals surface area contributed by atoms with Crippen molar-refractivity contribution in [3.05, 3.63) is 36.2 Å². The smallest absolute Gasteiger partial charge is 0.257 e. The van der Waals surface area contributed by atoms with Crippen LogP contribution in [0.25, 0.3) is 11.5 Å². The lowest BCUT2D eigenvalue weighted by molar-refractivity contribution is -0.0417. The van der Waals surface area contributed by atoms with Gasteiger partial charge < -0.3 is 14.4 Å². The SMILES string of the molecule is OC[C@]12CCOC[C@H]1CN(Cc1noc(-c3ccccc3)n1)C2. The molecule has 0 unspecified atom stereocenters. The Labute approximate surface area is 135 Å². The van der Waals surface area contributed by atoms with Crippen molar-refractivity contribution < 1.29 is 14.4 Å². The summed E-state index contributed by atoms with van der Waals surface area (Å²) < 4.78 is 11.0. The lowest BCUT2D eigenvalue weighted by Crippen LogP contribution is -2.41. The van der Waals surface area contributed by atoms with Gasteiger partial charge in [-0.15, -0.1) is 0 Å². The van der Waals surface area contributed by atoms with E-state index in [0.29, 0.717) is 24.2 Å². The fraction of sp³-hybridized carbons (Fsp3) is 0.529. The van der Waals surface area contributed by atoms with Gasteiger partial charge in [0.2, 0.25) is 0 Å². The highest BCUT2D eigenvalue weighted by atomic mass is 16.5. The molecule has 0 aliphatic carbocycles. The Morgan fingerprint density at radius 3 is 2.96 bits per heavy atom. The number of nitrogens with zero attached hydrogens (tertiary/aromatic N) is 3. The summed E-state index contributed by atoms with van der Waals surface area (Å²) in [6, 6.07) is 9.79. The number of benzene rings is 1. The number of aliphatic hydroxyl groups is 1. The topological polar surface area (TPSA) is 71.6 Å². The van der Waals surface area contributed by atoms with Gasteiger partial charge in [-0.25, -0.2) is 0 Å². The van der Waals surface area contributed by atoms with E-state index in [0.717, 1.165) is 38.3 Å². The van der Waals surface area contributed by atoms with E-state index < -0.39 is 0 Å². The Kier molecular flexibility index (Phi) is 3.88. The summed E-state index contributed by atoms with van der Waals surface area (Å²) in [6.07, 6.45) is 0.923. The minimum Gasteiger partial charge on any atom is -0.396 e. The second-order valence-electron chi connectivity index (χ2n) is 6.59. The summed E-state index contributed by atoms with van der Waals surface area (Å²) in [7, 11) is 0. The van der Waals surface area contributed by atoms with Crippen LogP contribution in [0.5, 0.6) is 0 Å². The van der Waals surface area contributed by atoms with Crippen molar-refractivity contribution in [1.29, 1.82) is 0 Å². The van der Waals surface area contributed by atoms with Crippen LogP contribution in [0.2, 0.25) is 0 Å². The van der Waals surface area contributed by atoms with Gasteiger partial charge in [0.25, 0.3) is 5.89 Å². The lowest BCUT2D eigenvalue weighted by atomic mass is 9.75. The van der Waals surface area contributed by atoms with Crippen molar-refractivity contribution in [2.75, 3.05) is 32.9 Å². The van der Waals surface area contributed by atoms with Crippen LogP contribution >= 0.6 is 0 Å². The summed E-state index contributed by atoms with van der Waals surface area (Å²) in [4.78, 5) is 6.80. The van der Waals surface area contributed by atoms with Crippen molar-refractivity contribution in [2.45, 2.75) is 13.0 Å². The second kappa shape index (κ2) is 6.03. The van der Waals surface area contributed by atoms with E-state index >= 15 is 0 Å². The van der Waals surface area contributed by atoms with Crippen LogP contribution in [0, 0.1) is 11.3 Å². The number of rotatable bonds is 4. The summed E-state index contributed by atoms with van der Waals surface area (Å²) in [5.41, 5.74) is 0.908. The highest BCUT2D eigenvalue weighted by Crippen LogP contribution is 2.42. The first-order chi connectivity index (χ1) is 11.3. The molecule has 3 heterocycles. The van der Waals surface area contributed by atoms with Gasteiger partial charge >= 0.3 is 0 Å². The van der Waals surface area contributed by atoms with Crippen LogP contribution in [0.1, 0.15) is 12.2 Å². The molecule has 2 fully saturated rings. The molecular weight excluding hydrogens is 294 g/mol. The van der Waals surface area contributed by atoms with Crippen molar-refractivity contribution in [2.24, 2.45) is 11.3 Å². The standard InChI is InChI=1S/C17H21N3O3/c21-12-17-6-7-22-10-14(17)8-20(11-17)9-15-18-16(23-19-15)13-4-2-1-3-5-13/h1-5,14,21H,6-12H2/t14-,17-/m1/s1. The summed E-state index contributed by atoms with van der Waals surface area (Å²) in [5.74, 6) is 1.63. The van der Waals surface area contributed by atoms with E-state index in [1.54, 1.807) is 0 Å². The van der Waals surface area contributed by atoms with Gasteiger partial charge in [0.05, 0.1) is 19.8 Å². The van der Waals surface area contributed by atoms with E-state index in [4.69, 9.17) is 9.26 Å². The third kappa shape index (κ3) is 2.78. The third-order valence-corrected chi connectivity index (χ3v) is 5.12. The molecule has 6 heteroatoms. The third-order valence-electron chi connectivity index (χ3n) is 5.12. The zero-order valence-corrected chi connectivity index (χ0v) is 13.0. The average Bonchev–Trinajstić information content (AvgIpc) is 3.20. The molecule has 6 nitrogen and oxygen atoms in total. The van der Waals surface area contributed by atoms with E-state index in [1.807, 2.05) is 30.3 Å². The number of hydrogen-bond donors (Lipinski definition) is 1. The minimum atomic E-state index is -0.0236. The van der Waals surface area contributed by atoms with Gasteiger partial charge in [-0.1, -0.05) is 23.4 Å². The monoisotopic (exact) mass is 315 g/mol. The van der Waals surface area contributed by atoms with Crippen LogP contribution in [-0.2, 0) is 11.3 Å². The summed E-state index contributed by atoms with van der Waals surface area (Å²) in [6.45, 7) is 4.12. The van der Waals surface area contributed by atoms with Crippen LogP contribution in [0.4, 0.5) is 0 Å². The molecule has 2 aliphatic heterocycles. The Hall–Kier alpha value is -1.76. The molecule has 0 amide bonds. The first-order valence-corrected chi connectivity index (χ1v) is 8.08. The van der Waals surface area contributed by atoms with Crippen molar-refractivity contribution in [1.82, 2.24) is 15.0 Å². The predicted octanol–water partition coefficient (Wildman–Crippen LogP) is 1.57. The molecule has 1 aromatic heterocycles. The molecule has 2 aromatic rings. The maximum atomic E-state index is 9.86. The molecule has 1 aromatic carbocycles. The van der Waals surface area contributed by atoms with Crippen LogP contribution in [0.15, 0.2) is 34.9 Å². The Morgan fingerprint density at radius 2 is 2.17 bits per heavy atom. The number of hydrogen-bond acceptors (Lipinski definition) is 6. The summed E-state index contributed by atoms with van der Waals surface area (Å²) >= 11 is 0. The average molecular weight is 315 g/mol. The highest BCUT2D eigenvalue weighted by molar-refractivity contribution is 5.51. The summed E-state index contributed by atoms with van der Waals surface area (Å²) in [5, 5.41) is 14.0. The van der Waals surface area contributed by atoms with E-state index in [1.165, 1.54) is 0 Å². The van der Waals surface area contributed by atoms with Crippen molar-refractivity contribution in [3.63, 3.8) is 0 Å². The van der Waals surface area contributed by atoms with E-state index in [9.17, 15) is 5.11 Å². The maximum absolute atomic E-state index is 9.86. The fourth-order valence-electron chi connectivity index (χ4n) is 3.75. The van der Waals surface area contributed by atoms with Gasteiger partial charge in [-0.3, -0.25) is 4.90 Å². The number of aromatic nitrogens is 2. The molecule has 122 valence electrons. The van der Waals surface area contributed by atoms with E-state index in [2.05, 4.69) is 15.0 Å². The van der Waals surface area contributed by atoms with Crippen LogP contribution in [0.3, 0.4) is 0 Å². The van der Waals surface area contributed by atoms with Gasteiger partial charge in [0.15, 0.2) is 5.82 Å². The molecule has 2 aliphatic rings. The van der Waals surface area contributed by atoms with Gasteiger partial charge in [-0.05, 0) is 18.6 Å². The van der Waals surface area contributed by atoms with Gasteiger partial charge in [0.1, 0.15) is 0 Å². The Bertz CT molecular complexity index is 660. The normalized spacial score (nSPS) is 28.0. The zero-order valence-electron chi connectivity index (χ0n) is 13.0. The van der Waals surface area contributed by atoms with Gasteiger partial charge in [0, 0.05) is 36.6 Å². The molecule has 0 bridgehead atoms. The van der Waals surface area contributed by atoms with E-state index in [-0.39, 0.29) is 12.0 Å². The quantitative estimate of drug-likeness (QED) is 0.923. The second-order valence-corrected chi connectivity index (χ2v) is 6.59. The number of ether oxygens (including phenoxy) is 1. The molecule has 1 N–H and O–H groups in total. The molecule has 4 rings (SSSR count). The first-order valence-electron chi connectivity index (χ1n) is 8.08. The molecule has 2 atom stereocenters. The molecule has 0 spiro atoms. The number of aliphatic hydroxyl groups excluding tert-OH is 1. The Morgan fingerprint density at radius 1 is 1.30 bits per heavy atom. The van der Waals surface area contributed by atoms with Crippen LogP contribution < -0.4 is 0 Å². The first kappa shape index (κ1) is 14.8. The Balaban J connectivity index is 1.46. The molecule has 2 saturated heterocycles. The lowest BCUT2D eigenvalue weighted by Gasteiger charge is -2.36. The highest BCUT2D eigenvalue weighted by Gasteiger charge is 2.47. The molecular formula is C17H21N3O3. The maximum Gasteiger partial charge on any atom is 0.257 e. The molecule has 23 heavy (non-hydrogen) atoms. The fourth-order valence-corrected chi connectivity index (χ4v) is 3.75. The molecule has 0 radical (unpaired) electrons.